The van der Waals surface area contributed by atoms with E-state index in [0.29, 0.717) is 16.6 Å². The maximum absolute atomic E-state index is 10.9. The van der Waals surface area contributed by atoms with Crippen LogP contribution in [-0.4, -0.2) is 76.7 Å². The minimum Gasteiger partial charge on any atom is -0.394 e. The van der Waals surface area contributed by atoms with Crippen molar-refractivity contribution in [1.82, 2.24) is 14.5 Å². The van der Waals surface area contributed by atoms with Crippen LogP contribution < -0.4 is 5.73 Å². The Morgan fingerprint density at radius 3 is 2.60 bits per heavy atom. The smallest absolute Gasteiger partial charge is 0.167 e. The van der Waals surface area contributed by atoms with Gasteiger partial charge in [0.15, 0.2) is 6.23 Å². The summed E-state index contributed by atoms with van der Waals surface area (Å²) in [6.45, 7) is 2.42. The summed E-state index contributed by atoms with van der Waals surface area (Å²) < 4.78 is 7.11. The van der Waals surface area contributed by atoms with Crippen LogP contribution in [0.3, 0.4) is 0 Å². The summed E-state index contributed by atoms with van der Waals surface area (Å²) in [5, 5.41) is 51.4. The lowest BCUT2D eigenvalue weighted by Crippen LogP contribution is -2.53. The highest BCUT2D eigenvalue weighted by molar-refractivity contribution is 5.89. The standard InChI is InChI=1S/C15H22N4O6/c1-6-3-19(13-8(6)12(16)17-5-18-13)14-15(2,24)11(23)10(22)9(21)7(4-20)25-14/h3,5,7,9-11,14,20-24H,4H2,1-2H3,(H2,16,17,18)/t7-,9-,10+,11-,14-,15-/m1/s1. The fourth-order valence-electron chi connectivity index (χ4n) is 3.26. The third-order valence-electron chi connectivity index (χ3n) is 4.72. The molecule has 2 aromatic rings. The Bertz CT molecular complexity index is 779. The number of nitrogen functional groups attached to an aromatic ring is 1. The first-order valence-electron chi connectivity index (χ1n) is 7.80. The summed E-state index contributed by atoms with van der Waals surface area (Å²) >= 11 is 0. The molecule has 1 saturated heterocycles. The molecule has 2 aromatic heterocycles. The van der Waals surface area contributed by atoms with Crippen LogP contribution in [0.1, 0.15) is 18.7 Å². The van der Waals surface area contributed by atoms with Crippen molar-refractivity contribution in [3.05, 3.63) is 18.1 Å². The Labute approximate surface area is 143 Å². The van der Waals surface area contributed by atoms with E-state index >= 15 is 0 Å². The molecule has 3 rings (SSSR count). The van der Waals surface area contributed by atoms with Gasteiger partial charge >= 0.3 is 0 Å². The molecule has 1 fully saturated rings. The van der Waals surface area contributed by atoms with Crippen LogP contribution in [0.2, 0.25) is 0 Å². The van der Waals surface area contributed by atoms with E-state index in [0.717, 1.165) is 0 Å². The second kappa shape index (κ2) is 6.16. The van der Waals surface area contributed by atoms with E-state index in [4.69, 9.17) is 10.5 Å². The predicted octanol–water partition coefficient (Wildman–Crippen LogP) is -1.95. The molecule has 0 aliphatic carbocycles. The molecule has 3 heterocycles. The molecule has 25 heavy (non-hydrogen) atoms. The van der Waals surface area contributed by atoms with Crippen LogP contribution in [0.4, 0.5) is 5.82 Å². The summed E-state index contributed by atoms with van der Waals surface area (Å²) in [7, 11) is 0. The van der Waals surface area contributed by atoms with E-state index in [2.05, 4.69) is 9.97 Å². The summed E-state index contributed by atoms with van der Waals surface area (Å²) in [6.07, 6.45) is -4.64. The molecule has 1 aliphatic rings. The first kappa shape index (κ1) is 18.0. The highest BCUT2D eigenvalue weighted by atomic mass is 16.6. The number of aliphatic hydroxyl groups excluding tert-OH is 4. The number of nitrogens with two attached hydrogens (primary N) is 1. The summed E-state index contributed by atoms with van der Waals surface area (Å²) in [5.41, 5.74) is 4.96. The molecule has 1 aliphatic heterocycles. The molecule has 10 nitrogen and oxygen atoms in total. The van der Waals surface area contributed by atoms with Gasteiger partial charge < -0.3 is 40.6 Å². The van der Waals surface area contributed by atoms with E-state index in [-0.39, 0.29) is 5.82 Å². The van der Waals surface area contributed by atoms with Gasteiger partial charge in [0, 0.05) is 6.20 Å². The summed E-state index contributed by atoms with van der Waals surface area (Å²) in [5.74, 6) is 0.244. The summed E-state index contributed by atoms with van der Waals surface area (Å²) in [4.78, 5) is 8.09. The van der Waals surface area contributed by atoms with Gasteiger partial charge in [-0.2, -0.15) is 0 Å². The number of hydrogen-bond acceptors (Lipinski definition) is 9. The average molecular weight is 354 g/mol. The number of rotatable bonds is 2. The number of aromatic nitrogens is 3. The zero-order valence-electron chi connectivity index (χ0n) is 13.8. The first-order chi connectivity index (χ1) is 11.7. The van der Waals surface area contributed by atoms with Gasteiger partial charge in [0.2, 0.25) is 0 Å². The zero-order chi connectivity index (χ0) is 18.5. The molecular formula is C15H22N4O6. The SMILES string of the molecule is Cc1cn([C@@H]2O[C@H](CO)[C@@H](O)[C@H](O)[C@@H](O)[C@@]2(C)O)c2ncnc(N)c12. The van der Waals surface area contributed by atoms with E-state index in [1.165, 1.54) is 17.8 Å². The van der Waals surface area contributed by atoms with Crippen molar-refractivity contribution >= 4 is 16.9 Å². The lowest BCUT2D eigenvalue weighted by Gasteiger charge is -2.36. The van der Waals surface area contributed by atoms with E-state index < -0.39 is 42.9 Å². The van der Waals surface area contributed by atoms with Crippen LogP contribution in [0.5, 0.6) is 0 Å². The molecule has 0 bridgehead atoms. The second-order valence-corrected chi connectivity index (χ2v) is 6.54. The van der Waals surface area contributed by atoms with E-state index in [9.17, 15) is 25.5 Å². The monoisotopic (exact) mass is 354 g/mol. The first-order valence-corrected chi connectivity index (χ1v) is 7.80. The molecule has 0 saturated carbocycles. The molecule has 138 valence electrons. The van der Waals surface area contributed by atoms with Gasteiger partial charge in [-0.3, -0.25) is 0 Å². The number of fused-ring (bicyclic) bond motifs is 1. The van der Waals surface area contributed by atoms with E-state index in [1.54, 1.807) is 13.1 Å². The van der Waals surface area contributed by atoms with Gasteiger partial charge in [0.25, 0.3) is 0 Å². The topological polar surface area (TPSA) is 167 Å². The number of aryl methyl sites for hydroxylation is 1. The Morgan fingerprint density at radius 2 is 1.96 bits per heavy atom. The third-order valence-corrected chi connectivity index (χ3v) is 4.72. The minimum atomic E-state index is -2.00. The molecule has 0 unspecified atom stereocenters. The van der Waals surface area contributed by atoms with Crippen molar-refractivity contribution in [1.29, 1.82) is 0 Å². The van der Waals surface area contributed by atoms with Gasteiger partial charge in [0.1, 0.15) is 47.8 Å². The van der Waals surface area contributed by atoms with Crippen molar-refractivity contribution in [2.45, 2.75) is 50.1 Å². The van der Waals surface area contributed by atoms with Crippen molar-refractivity contribution in [2.24, 2.45) is 0 Å². The number of nitrogens with zero attached hydrogens (tertiary/aromatic N) is 3. The lowest BCUT2D eigenvalue weighted by atomic mass is 9.90. The molecule has 7 N–H and O–H groups in total. The number of hydrogen-bond donors (Lipinski definition) is 6. The normalized spacial score (nSPS) is 36.5. The Balaban J connectivity index is 2.19. The van der Waals surface area contributed by atoms with Gasteiger partial charge in [-0.25, -0.2) is 9.97 Å². The Kier molecular flexibility index (Phi) is 4.43. The third kappa shape index (κ3) is 2.67. The predicted molar refractivity (Wildman–Crippen MR) is 86.3 cm³/mol. The second-order valence-electron chi connectivity index (χ2n) is 6.54. The van der Waals surface area contributed by atoms with Crippen LogP contribution in [0.25, 0.3) is 11.0 Å². The van der Waals surface area contributed by atoms with Crippen LogP contribution in [-0.2, 0) is 4.74 Å². The van der Waals surface area contributed by atoms with Gasteiger partial charge in [-0.15, -0.1) is 0 Å². The molecule has 0 spiro atoms. The van der Waals surface area contributed by atoms with E-state index in [1.807, 2.05) is 0 Å². The molecule has 0 aromatic carbocycles. The highest BCUT2D eigenvalue weighted by Gasteiger charge is 2.52. The van der Waals surface area contributed by atoms with Crippen LogP contribution in [0, 0.1) is 6.92 Å². The fraction of sp³-hybridized carbons (Fsp3) is 0.600. The quantitative estimate of drug-likeness (QED) is 0.359. The minimum absolute atomic E-state index is 0.244. The number of anilines is 1. The fourth-order valence-corrected chi connectivity index (χ4v) is 3.26. The number of aliphatic hydroxyl groups is 5. The molecule has 0 amide bonds. The van der Waals surface area contributed by atoms with Crippen molar-refractivity contribution in [2.75, 3.05) is 12.3 Å². The lowest BCUT2D eigenvalue weighted by molar-refractivity contribution is -0.197. The zero-order valence-corrected chi connectivity index (χ0v) is 13.8. The Morgan fingerprint density at radius 1 is 1.28 bits per heavy atom. The Hall–Kier alpha value is -1.82. The molecule has 10 heteroatoms. The maximum atomic E-state index is 10.9. The molecule has 0 radical (unpaired) electrons. The van der Waals surface area contributed by atoms with Crippen LogP contribution in [0.15, 0.2) is 12.5 Å². The van der Waals surface area contributed by atoms with Gasteiger partial charge in [-0.1, -0.05) is 0 Å². The summed E-state index contributed by atoms with van der Waals surface area (Å²) in [6, 6.07) is 0. The average Bonchev–Trinajstić information content (AvgIpc) is 2.88. The number of ether oxygens (including phenoxy) is 1. The molecule has 6 atom stereocenters. The van der Waals surface area contributed by atoms with Crippen molar-refractivity contribution in [3.63, 3.8) is 0 Å². The highest BCUT2D eigenvalue weighted by Crippen LogP contribution is 2.38. The van der Waals surface area contributed by atoms with Crippen molar-refractivity contribution in [3.8, 4) is 0 Å². The molecular weight excluding hydrogens is 332 g/mol. The van der Waals surface area contributed by atoms with Gasteiger partial charge in [-0.05, 0) is 19.4 Å². The largest absolute Gasteiger partial charge is 0.394 e. The van der Waals surface area contributed by atoms with Gasteiger partial charge in [0.05, 0.1) is 12.0 Å². The van der Waals surface area contributed by atoms with Crippen molar-refractivity contribution < 1.29 is 30.3 Å². The maximum Gasteiger partial charge on any atom is 0.167 e. The van der Waals surface area contributed by atoms with Crippen LogP contribution >= 0.6 is 0 Å².